The van der Waals surface area contributed by atoms with Gasteiger partial charge in [0.25, 0.3) is 0 Å². The van der Waals surface area contributed by atoms with Crippen molar-refractivity contribution in [3.63, 3.8) is 0 Å². The van der Waals surface area contributed by atoms with E-state index in [0.717, 1.165) is 24.3 Å². The zero-order valence-corrected chi connectivity index (χ0v) is 10.1. The molecule has 0 radical (unpaired) electrons. The Labute approximate surface area is 86.6 Å². The Bertz CT molecular complexity index is 128. The first kappa shape index (κ1) is 13.3. The van der Waals surface area contributed by atoms with E-state index in [2.05, 4.69) is 20.8 Å². The third kappa shape index (κ3) is 7.35. The predicted molar refractivity (Wildman–Crippen MR) is 61.3 cm³/mol. The molecule has 0 aliphatic rings. The molecule has 0 fully saturated rings. The maximum Gasteiger partial charge on any atom is 0.0630 e. The molecule has 0 aromatic rings. The van der Waals surface area contributed by atoms with Gasteiger partial charge in [0, 0.05) is 18.9 Å². The van der Waals surface area contributed by atoms with Crippen molar-refractivity contribution in [3.8, 4) is 0 Å². The van der Waals surface area contributed by atoms with Crippen molar-refractivity contribution in [2.45, 2.75) is 45.3 Å². The van der Waals surface area contributed by atoms with E-state index in [1.807, 2.05) is 11.8 Å². The van der Waals surface area contributed by atoms with Gasteiger partial charge in [-0.15, -0.1) is 0 Å². The zero-order valence-electron chi connectivity index (χ0n) is 9.30. The topological polar surface area (TPSA) is 35.2 Å². The van der Waals surface area contributed by atoms with E-state index >= 15 is 0 Å². The lowest BCUT2D eigenvalue weighted by Crippen LogP contribution is -2.25. The van der Waals surface area contributed by atoms with E-state index < -0.39 is 0 Å². The summed E-state index contributed by atoms with van der Waals surface area (Å²) in [6.45, 7) is 6.37. The molecule has 0 saturated heterocycles. The van der Waals surface area contributed by atoms with Gasteiger partial charge in [-0.3, -0.25) is 0 Å². The summed E-state index contributed by atoms with van der Waals surface area (Å²) in [5.41, 5.74) is 5.82. The first-order valence-electron chi connectivity index (χ1n) is 4.90. The lowest BCUT2D eigenvalue weighted by atomic mass is 10.1. The molecule has 80 valence electrons. The first-order chi connectivity index (χ1) is 6.02. The summed E-state index contributed by atoms with van der Waals surface area (Å²) in [6, 6.07) is 0.357. The summed E-state index contributed by atoms with van der Waals surface area (Å²) in [4.78, 5) is 0. The standard InChI is InChI=1S/C10H23NOS/c1-5-9(11)8-13-7-6-10(2,3)12-4/h9H,5-8,11H2,1-4H3. The molecule has 0 amide bonds. The molecule has 0 saturated carbocycles. The highest BCUT2D eigenvalue weighted by Crippen LogP contribution is 2.17. The van der Waals surface area contributed by atoms with Crippen LogP contribution >= 0.6 is 11.8 Å². The van der Waals surface area contributed by atoms with E-state index in [1.165, 1.54) is 0 Å². The molecule has 1 unspecified atom stereocenters. The summed E-state index contributed by atoms with van der Waals surface area (Å²) in [7, 11) is 1.77. The Morgan fingerprint density at radius 2 is 2.08 bits per heavy atom. The molecule has 1 atom stereocenters. The van der Waals surface area contributed by atoms with Crippen molar-refractivity contribution < 1.29 is 4.74 Å². The van der Waals surface area contributed by atoms with E-state index in [-0.39, 0.29) is 5.60 Å². The summed E-state index contributed by atoms with van der Waals surface area (Å²) in [5.74, 6) is 2.20. The second-order valence-corrected chi connectivity index (χ2v) is 5.11. The Morgan fingerprint density at radius 1 is 1.46 bits per heavy atom. The van der Waals surface area contributed by atoms with Crippen molar-refractivity contribution in [1.29, 1.82) is 0 Å². The molecular formula is C10H23NOS. The van der Waals surface area contributed by atoms with Crippen LogP contribution in [-0.4, -0.2) is 30.3 Å². The van der Waals surface area contributed by atoms with Gasteiger partial charge < -0.3 is 10.5 Å². The molecule has 0 bridgehead atoms. The minimum Gasteiger partial charge on any atom is -0.379 e. The number of thioether (sulfide) groups is 1. The lowest BCUT2D eigenvalue weighted by molar-refractivity contribution is 0.0207. The minimum absolute atomic E-state index is 0.0172. The highest BCUT2D eigenvalue weighted by molar-refractivity contribution is 7.99. The maximum atomic E-state index is 5.80. The SMILES string of the molecule is CCC(N)CSCCC(C)(C)OC. The maximum absolute atomic E-state index is 5.80. The van der Waals surface area contributed by atoms with Crippen LogP contribution in [0.3, 0.4) is 0 Å². The smallest absolute Gasteiger partial charge is 0.0630 e. The minimum atomic E-state index is 0.0172. The molecule has 13 heavy (non-hydrogen) atoms. The fraction of sp³-hybridized carbons (Fsp3) is 1.00. The normalized spacial score (nSPS) is 14.5. The lowest BCUT2D eigenvalue weighted by Gasteiger charge is -2.22. The molecule has 0 aromatic carbocycles. The van der Waals surface area contributed by atoms with Crippen LogP contribution < -0.4 is 5.73 Å². The van der Waals surface area contributed by atoms with Crippen molar-refractivity contribution in [3.05, 3.63) is 0 Å². The van der Waals surface area contributed by atoms with Crippen molar-refractivity contribution in [2.75, 3.05) is 18.6 Å². The van der Waals surface area contributed by atoms with Crippen LogP contribution in [0.1, 0.15) is 33.6 Å². The number of ether oxygens (including phenoxy) is 1. The van der Waals surface area contributed by atoms with Gasteiger partial charge in [0.15, 0.2) is 0 Å². The number of hydrogen-bond acceptors (Lipinski definition) is 3. The number of rotatable bonds is 7. The van der Waals surface area contributed by atoms with Gasteiger partial charge in [-0.1, -0.05) is 6.92 Å². The van der Waals surface area contributed by atoms with Gasteiger partial charge >= 0.3 is 0 Å². The van der Waals surface area contributed by atoms with Crippen molar-refractivity contribution in [2.24, 2.45) is 5.73 Å². The average Bonchev–Trinajstić information content (AvgIpc) is 2.12. The van der Waals surface area contributed by atoms with E-state index in [4.69, 9.17) is 10.5 Å². The Hall–Kier alpha value is 0.270. The Balaban J connectivity index is 3.35. The predicted octanol–water partition coefficient (Wildman–Crippen LogP) is 2.27. The monoisotopic (exact) mass is 205 g/mol. The number of methoxy groups -OCH3 is 1. The van der Waals surface area contributed by atoms with Crippen LogP contribution in [0, 0.1) is 0 Å². The second-order valence-electron chi connectivity index (χ2n) is 3.96. The van der Waals surface area contributed by atoms with Crippen LogP contribution in [0.5, 0.6) is 0 Å². The highest BCUT2D eigenvalue weighted by Gasteiger charge is 2.15. The number of nitrogens with two attached hydrogens (primary N) is 1. The highest BCUT2D eigenvalue weighted by atomic mass is 32.2. The van der Waals surface area contributed by atoms with E-state index in [9.17, 15) is 0 Å². The van der Waals surface area contributed by atoms with Crippen LogP contribution in [0.2, 0.25) is 0 Å². The Kier molecular flexibility index (Phi) is 6.82. The van der Waals surface area contributed by atoms with Crippen LogP contribution in [0.25, 0.3) is 0 Å². The third-order valence-corrected chi connectivity index (χ3v) is 3.41. The van der Waals surface area contributed by atoms with Gasteiger partial charge in [-0.05, 0) is 32.4 Å². The molecule has 0 aliphatic heterocycles. The molecule has 0 heterocycles. The molecule has 0 aromatic heterocycles. The molecule has 0 spiro atoms. The summed E-state index contributed by atoms with van der Waals surface area (Å²) >= 11 is 1.92. The molecule has 0 rings (SSSR count). The van der Waals surface area contributed by atoms with E-state index in [0.29, 0.717) is 6.04 Å². The van der Waals surface area contributed by atoms with E-state index in [1.54, 1.807) is 7.11 Å². The molecule has 3 heteroatoms. The van der Waals surface area contributed by atoms with Gasteiger partial charge in [0.05, 0.1) is 5.60 Å². The zero-order chi connectivity index (χ0) is 10.3. The largest absolute Gasteiger partial charge is 0.379 e. The van der Waals surface area contributed by atoms with Crippen LogP contribution in [0.15, 0.2) is 0 Å². The average molecular weight is 205 g/mol. The molecule has 2 N–H and O–H groups in total. The van der Waals surface area contributed by atoms with Gasteiger partial charge in [0.1, 0.15) is 0 Å². The quantitative estimate of drug-likeness (QED) is 0.648. The third-order valence-electron chi connectivity index (χ3n) is 2.26. The van der Waals surface area contributed by atoms with Crippen LogP contribution in [0.4, 0.5) is 0 Å². The fourth-order valence-corrected chi connectivity index (χ4v) is 2.11. The van der Waals surface area contributed by atoms with Gasteiger partial charge in [-0.25, -0.2) is 0 Å². The van der Waals surface area contributed by atoms with Gasteiger partial charge in [0.2, 0.25) is 0 Å². The summed E-state index contributed by atoms with van der Waals surface area (Å²) in [6.07, 6.45) is 2.16. The second kappa shape index (κ2) is 6.68. The Morgan fingerprint density at radius 3 is 2.54 bits per heavy atom. The summed E-state index contributed by atoms with van der Waals surface area (Å²) < 4.78 is 5.33. The summed E-state index contributed by atoms with van der Waals surface area (Å²) in [5, 5.41) is 0. The molecular weight excluding hydrogens is 182 g/mol. The fourth-order valence-electron chi connectivity index (χ4n) is 0.773. The van der Waals surface area contributed by atoms with Crippen molar-refractivity contribution >= 4 is 11.8 Å². The molecule has 0 aliphatic carbocycles. The van der Waals surface area contributed by atoms with Crippen molar-refractivity contribution in [1.82, 2.24) is 0 Å². The molecule has 2 nitrogen and oxygen atoms in total. The van der Waals surface area contributed by atoms with Gasteiger partial charge in [-0.2, -0.15) is 11.8 Å². The van der Waals surface area contributed by atoms with Crippen LogP contribution in [-0.2, 0) is 4.74 Å². The first-order valence-corrected chi connectivity index (χ1v) is 6.05. The number of hydrogen-bond donors (Lipinski definition) is 1.